The molecule has 4 rings (SSSR count). The smallest absolute Gasteiger partial charge is 0.269 e. The predicted octanol–water partition coefficient (Wildman–Crippen LogP) is 5.14. The van der Waals surface area contributed by atoms with E-state index in [1.807, 2.05) is 67.7 Å². The zero-order valence-corrected chi connectivity index (χ0v) is 22.6. The lowest BCUT2D eigenvalue weighted by Gasteiger charge is -2.27. The van der Waals surface area contributed by atoms with Crippen LogP contribution in [-0.4, -0.2) is 53.1 Å². The third-order valence-corrected chi connectivity index (χ3v) is 8.51. The van der Waals surface area contributed by atoms with Gasteiger partial charge in [0.1, 0.15) is 0 Å². The number of aromatic amines is 1. The molecule has 0 radical (unpaired) electrons. The summed E-state index contributed by atoms with van der Waals surface area (Å²) in [5.74, 6) is -0.305. The second kappa shape index (κ2) is 12.7. The number of hydrogen-bond donors (Lipinski definition) is 1. The van der Waals surface area contributed by atoms with E-state index in [2.05, 4.69) is 4.98 Å². The molecule has 1 aromatic heterocycles. The Balaban J connectivity index is 1.57. The van der Waals surface area contributed by atoms with Gasteiger partial charge in [0.15, 0.2) is 0 Å². The van der Waals surface area contributed by atoms with Gasteiger partial charge < -0.3 is 9.88 Å². The summed E-state index contributed by atoms with van der Waals surface area (Å²) in [5, 5.41) is 12.1. The molecule has 0 unspecified atom stereocenters. The highest BCUT2D eigenvalue weighted by atomic mass is 32.2. The van der Waals surface area contributed by atoms with Crippen molar-refractivity contribution in [3.63, 3.8) is 0 Å². The molecule has 0 aliphatic rings. The highest BCUT2D eigenvalue weighted by Gasteiger charge is 2.29. The minimum Gasteiger partial charge on any atom is -0.361 e. The second-order valence-electron chi connectivity index (χ2n) is 9.35. The molecule has 3 aromatic carbocycles. The maximum Gasteiger partial charge on any atom is 0.269 e. The molecular weight excluding hydrogens is 516 g/mol. The molecule has 1 N–H and O–H groups in total. The van der Waals surface area contributed by atoms with Crippen LogP contribution in [0.15, 0.2) is 90.0 Å². The number of nitrogens with one attached hydrogen (secondary N) is 1. The highest BCUT2D eigenvalue weighted by molar-refractivity contribution is 7.89. The first kappa shape index (κ1) is 28.0. The Hall–Kier alpha value is -4.02. The highest BCUT2D eigenvalue weighted by Crippen LogP contribution is 2.22. The first-order valence-electron chi connectivity index (χ1n) is 12.9. The SMILES string of the molecule is CCCCN(CC(=O)N(CCc1c[nH]c2ccccc12)Cc1ccccc1)S(=O)(=O)c1ccc([N+](=O)[O-])cc1. The zero-order chi connectivity index (χ0) is 27.8. The van der Waals surface area contributed by atoms with Crippen LogP contribution in [0.3, 0.4) is 0 Å². The Kier molecular flexibility index (Phi) is 9.11. The van der Waals surface area contributed by atoms with Crippen molar-refractivity contribution in [1.29, 1.82) is 0 Å². The van der Waals surface area contributed by atoms with E-state index < -0.39 is 14.9 Å². The van der Waals surface area contributed by atoms with Crippen LogP contribution in [0.4, 0.5) is 5.69 Å². The van der Waals surface area contributed by atoms with Crippen molar-refractivity contribution in [3.05, 3.63) is 106 Å². The number of benzene rings is 3. The van der Waals surface area contributed by atoms with Crippen LogP contribution in [0.25, 0.3) is 10.9 Å². The number of nitrogens with zero attached hydrogens (tertiary/aromatic N) is 3. The molecule has 4 aromatic rings. The number of unbranched alkanes of at least 4 members (excludes halogenated alkanes) is 1. The van der Waals surface area contributed by atoms with Gasteiger partial charge in [-0.3, -0.25) is 14.9 Å². The van der Waals surface area contributed by atoms with Gasteiger partial charge in [0, 0.05) is 48.9 Å². The Labute approximate surface area is 228 Å². The van der Waals surface area contributed by atoms with E-state index in [1.165, 1.54) is 16.4 Å². The minimum absolute atomic E-state index is 0.0783. The number of nitro benzene ring substituents is 1. The summed E-state index contributed by atoms with van der Waals surface area (Å²) in [6, 6.07) is 22.3. The standard InChI is InChI=1S/C29H32N4O5S/c1-2-3-18-32(39(37,38)26-15-13-25(14-16-26)33(35)36)22-29(34)31(21-23-9-5-4-6-10-23)19-17-24-20-30-28-12-8-7-11-27(24)28/h4-16,20,30H,2-3,17-19,21-22H2,1H3. The first-order chi connectivity index (χ1) is 18.8. The number of non-ortho nitro benzene ring substituents is 1. The molecule has 0 spiro atoms. The summed E-state index contributed by atoms with van der Waals surface area (Å²) in [6.45, 7) is 2.56. The van der Waals surface area contributed by atoms with Gasteiger partial charge in [0.25, 0.3) is 5.69 Å². The summed E-state index contributed by atoms with van der Waals surface area (Å²) < 4.78 is 28.2. The lowest BCUT2D eigenvalue weighted by Crippen LogP contribution is -2.43. The third kappa shape index (κ3) is 6.90. The number of fused-ring (bicyclic) bond motifs is 1. The number of amides is 1. The lowest BCUT2D eigenvalue weighted by atomic mass is 10.1. The molecule has 0 aliphatic carbocycles. The molecule has 10 heteroatoms. The molecule has 39 heavy (non-hydrogen) atoms. The molecule has 0 aliphatic heterocycles. The van der Waals surface area contributed by atoms with E-state index in [-0.39, 0.29) is 29.6 Å². The Morgan fingerprint density at radius 3 is 2.33 bits per heavy atom. The predicted molar refractivity (Wildman–Crippen MR) is 151 cm³/mol. The topological polar surface area (TPSA) is 117 Å². The molecule has 0 bridgehead atoms. The van der Waals surface area contributed by atoms with Crippen LogP contribution in [0.2, 0.25) is 0 Å². The summed E-state index contributed by atoms with van der Waals surface area (Å²) in [6.07, 6.45) is 3.87. The largest absolute Gasteiger partial charge is 0.361 e. The van der Waals surface area contributed by atoms with Crippen LogP contribution >= 0.6 is 0 Å². The maximum absolute atomic E-state index is 13.7. The van der Waals surface area contributed by atoms with Gasteiger partial charge in [-0.25, -0.2) is 8.42 Å². The Morgan fingerprint density at radius 2 is 1.64 bits per heavy atom. The molecule has 204 valence electrons. The second-order valence-corrected chi connectivity index (χ2v) is 11.3. The van der Waals surface area contributed by atoms with Gasteiger partial charge in [-0.2, -0.15) is 4.31 Å². The number of para-hydroxylation sites is 1. The van der Waals surface area contributed by atoms with Crippen molar-refractivity contribution in [2.75, 3.05) is 19.6 Å². The average Bonchev–Trinajstić information content (AvgIpc) is 3.36. The van der Waals surface area contributed by atoms with Crippen molar-refractivity contribution in [1.82, 2.24) is 14.2 Å². The van der Waals surface area contributed by atoms with Gasteiger partial charge in [-0.05, 0) is 42.2 Å². The number of rotatable bonds is 13. The Bertz CT molecular complexity index is 1520. The van der Waals surface area contributed by atoms with Gasteiger partial charge >= 0.3 is 0 Å². The normalized spacial score (nSPS) is 11.6. The quantitative estimate of drug-likeness (QED) is 0.183. The van der Waals surface area contributed by atoms with Crippen molar-refractivity contribution in [2.24, 2.45) is 0 Å². The molecule has 0 fully saturated rings. The van der Waals surface area contributed by atoms with Crippen LogP contribution in [-0.2, 0) is 27.8 Å². The molecule has 1 amide bonds. The number of carbonyl (C=O) groups is 1. The molecular formula is C29H32N4O5S. The summed E-state index contributed by atoms with van der Waals surface area (Å²) in [5.41, 5.74) is 2.85. The number of nitro groups is 1. The number of carbonyl (C=O) groups excluding carboxylic acids is 1. The van der Waals surface area contributed by atoms with Gasteiger partial charge in [-0.15, -0.1) is 0 Å². The molecule has 1 heterocycles. The molecule has 9 nitrogen and oxygen atoms in total. The Morgan fingerprint density at radius 1 is 0.949 bits per heavy atom. The minimum atomic E-state index is -4.05. The van der Waals surface area contributed by atoms with Gasteiger partial charge in [-0.1, -0.05) is 61.9 Å². The maximum atomic E-state index is 13.7. The molecule has 0 atom stereocenters. The van der Waals surface area contributed by atoms with E-state index in [0.717, 1.165) is 40.6 Å². The number of aromatic nitrogens is 1. The number of sulfonamides is 1. The molecule has 0 saturated heterocycles. The van der Waals surface area contributed by atoms with Crippen LogP contribution in [0.5, 0.6) is 0 Å². The van der Waals surface area contributed by atoms with Gasteiger partial charge in [0.05, 0.1) is 16.4 Å². The fraction of sp³-hybridized carbons (Fsp3) is 0.276. The van der Waals surface area contributed by atoms with Crippen molar-refractivity contribution in [2.45, 2.75) is 37.6 Å². The van der Waals surface area contributed by atoms with E-state index >= 15 is 0 Å². The van der Waals surface area contributed by atoms with Crippen molar-refractivity contribution < 1.29 is 18.1 Å². The average molecular weight is 549 g/mol. The zero-order valence-electron chi connectivity index (χ0n) is 21.8. The number of H-pyrrole nitrogens is 1. The third-order valence-electron chi connectivity index (χ3n) is 6.65. The summed E-state index contributed by atoms with van der Waals surface area (Å²) in [7, 11) is -4.05. The fourth-order valence-corrected chi connectivity index (χ4v) is 5.88. The number of hydrogen-bond acceptors (Lipinski definition) is 5. The van der Waals surface area contributed by atoms with E-state index in [9.17, 15) is 23.3 Å². The first-order valence-corrected chi connectivity index (χ1v) is 14.3. The van der Waals surface area contributed by atoms with E-state index in [0.29, 0.717) is 25.9 Å². The summed E-state index contributed by atoms with van der Waals surface area (Å²) in [4.78, 5) is 29.0. The van der Waals surface area contributed by atoms with Crippen LogP contribution in [0.1, 0.15) is 30.9 Å². The monoisotopic (exact) mass is 548 g/mol. The fourth-order valence-electron chi connectivity index (χ4n) is 4.45. The van der Waals surface area contributed by atoms with Crippen LogP contribution < -0.4 is 0 Å². The van der Waals surface area contributed by atoms with Crippen molar-refractivity contribution >= 4 is 32.5 Å². The summed E-state index contributed by atoms with van der Waals surface area (Å²) >= 11 is 0. The van der Waals surface area contributed by atoms with Gasteiger partial charge in [0.2, 0.25) is 15.9 Å². The van der Waals surface area contributed by atoms with Crippen molar-refractivity contribution in [3.8, 4) is 0 Å². The van der Waals surface area contributed by atoms with Crippen LogP contribution in [0, 0.1) is 10.1 Å². The van der Waals surface area contributed by atoms with E-state index in [1.54, 1.807) is 4.90 Å². The molecule has 0 saturated carbocycles. The lowest BCUT2D eigenvalue weighted by molar-refractivity contribution is -0.384. The van der Waals surface area contributed by atoms with E-state index in [4.69, 9.17) is 0 Å².